The van der Waals surface area contributed by atoms with Crippen LogP contribution < -0.4 is 4.74 Å². The third kappa shape index (κ3) is 3.07. The van der Waals surface area contributed by atoms with E-state index < -0.39 is 5.97 Å². The largest absolute Gasteiger partial charge is 0.493 e. The second kappa shape index (κ2) is 5.21. The number of para-hydroxylation sites is 1. The summed E-state index contributed by atoms with van der Waals surface area (Å²) in [5.41, 5.74) is 0.887. The standard InChI is InChI=1S/C15H21NO3/c1-15(2,3)16(10-14(17)18)12-8-9-19-13-7-5-4-6-11(12)13/h4-7,12H,8-10H2,1-3H3,(H,17,18). The van der Waals surface area contributed by atoms with Gasteiger partial charge in [0.15, 0.2) is 0 Å². The first-order valence-corrected chi connectivity index (χ1v) is 6.60. The molecule has 1 unspecified atom stereocenters. The van der Waals surface area contributed by atoms with Crippen LogP contribution in [-0.2, 0) is 4.79 Å². The molecule has 1 aromatic carbocycles. The summed E-state index contributed by atoms with van der Waals surface area (Å²) < 4.78 is 5.65. The monoisotopic (exact) mass is 263 g/mol. The summed E-state index contributed by atoms with van der Waals surface area (Å²) in [6.07, 6.45) is 0.821. The van der Waals surface area contributed by atoms with Crippen LogP contribution in [0.5, 0.6) is 5.75 Å². The molecule has 1 aromatic rings. The van der Waals surface area contributed by atoms with E-state index in [0.29, 0.717) is 6.61 Å². The highest BCUT2D eigenvalue weighted by atomic mass is 16.5. The lowest BCUT2D eigenvalue weighted by molar-refractivity contribution is -0.141. The third-order valence-electron chi connectivity index (χ3n) is 3.47. The summed E-state index contributed by atoms with van der Waals surface area (Å²) in [6.45, 7) is 6.83. The van der Waals surface area contributed by atoms with E-state index in [4.69, 9.17) is 9.84 Å². The topological polar surface area (TPSA) is 49.8 Å². The summed E-state index contributed by atoms with van der Waals surface area (Å²) in [4.78, 5) is 13.2. The Kier molecular flexibility index (Phi) is 3.80. The van der Waals surface area contributed by atoms with Gasteiger partial charge >= 0.3 is 5.97 Å². The molecule has 0 bridgehead atoms. The van der Waals surface area contributed by atoms with Gasteiger partial charge in [0.1, 0.15) is 5.75 Å². The Labute approximate surface area is 114 Å². The van der Waals surface area contributed by atoms with Crippen LogP contribution in [0.2, 0.25) is 0 Å². The van der Waals surface area contributed by atoms with Gasteiger partial charge in [-0.25, -0.2) is 0 Å². The lowest BCUT2D eigenvalue weighted by Crippen LogP contribution is -2.47. The molecule has 19 heavy (non-hydrogen) atoms. The normalized spacial score (nSPS) is 18.8. The van der Waals surface area contributed by atoms with Gasteiger partial charge in [-0.1, -0.05) is 18.2 Å². The minimum atomic E-state index is -0.793. The number of ether oxygens (including phenoxy) is 1. The van der Waals surface area contributed by atoms with E-state index in [-0.39, 0.29) is 18.1 Å². The van der Waals surface area contributed by atoms with E-state index in [0.717, 1.165) is 17.7 Å². The molecule has 1 atom stereocenters. The van der Waals surface area contributed by atoms with E-state index in [1.54, 1.807) is 0 Å². The van der Waals surface area contributed by atoms with Gasteiger partial charge in [0.25, 0.3) is 0 Å². The molecule has 2 rings (SSSR count). The van der Waals surface area contributed by atoms with Gasteiger partial charge in [-0.3, -0.25) is 9.69 Å². The van der Waals surface area contributed by atoms with Crippen molar-refractivity contribution in [2.45, 2.75) is 38.8 Å². The number of hydrogen-bond donors (Lipinski definition) is 1. The molecular formula is C15H21NO3. The van der Waals surface area contributed by atoms with Gasteiger partial charge in [-0.05, 0) is 26.8 Å². The Hall–Kier alpha value is -1.55. The summed E-state index contributed by atoms with van der Waals surface area (Å²) in [5.74, 6) is 0.0808. The quantitative estimate of drug-likeness (QED) is 0.911. The number of carbonyl (C=O) groups is 1. The average Bonchev–Trinajstić information content (AvgIpc) is 2.34. The predicted molar refractivity (Wildman–Crippen MR) is 73.4 cm³/mol. The molecule has 0 amide bonds. The zero-order valence-electron chi connectivity index (χ0n) is 11.7. The molecule has 0 aliphatic carbocycles. The van der Waals surface area contributed by atoms with E-state index in [1.165, 1.54) is 0 Å². The SMILES string of the molecule is CC(C)(C)N(CC(=O)O)C1CCOc2ccccc21. The Morgan fingerprint density at radius 2 is 2.11 bits per heavy atom. The van der Waals surface area contributed by atoms with Gasteiger partial charge in [0.2, 0.25) is 0 Å². The molecule has 4 heteroatoms. The van der Waals surface area contributed by atoms with Crippen molar-refractivity contribution in [2.75, 3.05) is 13.2 Å². The van der Waals surface area contributed by atoms with Crippen molar-refractivity contribution >= 4 is 5.97 Å². The van der Waals surface area contributed by atoms with Gasteiger partial charge in [0.05, 0.1) is 13.2 Å². The number of nitrogens with zero attached hydrogens (tertiary/aromatic N) is 1. The van der Waals surface area contributed by atoms with Gasteiger partial charge in [-0.2, -0.15) is 0 Å². The Morgan fingerprint density at radius 3 is 2.74 bits per heavy atom. The Bertz CT molecular complexity index is 465. The van der Waals surface area contributed by atoms with Gasteiger partial charge in [-0.15, -0.1) is 0 Å². The van der Waals surface area contributed by atoms with E-state index >= 15 is 0 Å². The number of aliphatic carboxylic acids is 1. The highest BCUT2D eigenvalue weighted by Crippen LogP contribution is 2.38. The van der Waals surface area contributed by atoms with E-state index in [9.17, 15) is 4.79 Å². The van der Waals surface area contributed by atoms with Crippen LogP contribution in [0.15, 0.2) is 24.3 Å². The molecule has 1 heterocycles. The van der Waals surface area contributed by atoms with Gasteiger partial charge in [0, 0.05) is 23.6 Å². The maximum atomic E-state index is 11.1. The number of carboxylic acids is 1. The minimum absolute atomic E-state index is 0.0441. The molecule has 4 nitrogen and oxygen atoms in total. The number of rotatable bonds is 3. The maximum Gasteiger partial charge on any atom is 0.317 e. The van der Waals surface area contributed by atoms with Crippen LogP contribution in [0.1, 0.15) is 38.8 Å². The lowest BCUT2D eigenvalue weighted by atomic mass is 9.94. The summed E-state index contributed by atoms with van der Waals surface area (Å²) in [7, 11) is 0. The smallest absolute Gasteiger partial charge is 0.317 e. The molecule has 0 aromatic heterocycles. The zero-order valence-corrected chi connectivity index (χ0v) is 11.7. The molecule has 0 fully saturated rings. The van der Waals surface area contributed by atoms with Crippen molar-refractivity contribution < 1.29 is 14.6 Å². The number of benzene rings is 1. The highest BCUT2D eigenvalue weighted by molar-refractivity contribution is 5.69. The number of fused-ring (bicyclic) bond motifs is 1. The van der Waals surface area contributed by atoms with E-state index in [1.807, 2.05) is 49.9 Å². The lowest BCUT2D eigenvalue weighted by Gasteiger charge is -2.42. The van der Waals surface area contributed by atoms with Crippen molar-refractivity contribution in [3.05, 3.63) is 29.8 Å². The Morgan fingerprint density at radius 1 is 1.42 bits per heavy atom. The molecular weight excluding hydrogens is 242 g/mol. The number of carboxylic acid groups (broad SMARTS) is 1. The van der Waals surface area contributed by atoms with Crippen molar-refractivity contribution in [1.29, 1.82) is 0 Å². The van der Waals surface area contributed by atoms with Crippen molar-refractivity contribution in [2.24, 2.45) is 0 Å². The molecule has 0 saturated heterocycles. The Balaban J connectivity index is 2.36. The molecule has 0 spiro atoms. The average molecular weight is 263 g/mol. The van der Waals surface area contributed by atoms with Crippen LogP contribution in [0, 0.1) is 0 Å². The molecule has 0 saturated carbocycles. The van der Waals surface area contributed by atoms with Crippen LogP contribution in [0.25, 0.3) is 0 Å². The maximum absolute atomic E-state index is 11.1. The fraction of sp³-hybridized carbons (Fsp3) is 0.533. The van der Waals surface area contributed by atoms with Crippen molar-refractivity contribution in [3.63, 3.8) is 0 Å². The summed E-state index contributed by atoms with van der Waals surface area (Å²) >= 11 is 0. The first-order chi connectivity index (χ1) is 8.89. The second-order valence-corrected chi connectivity index (χ2v) is 5.88. The number of hydrogen-bond acceptors (Lipinski definition) is 3. The fourth-order valence-corrected chi connectivity index (χ4v) is 2.61. The van der Waals surface area contributed by atoms with Crippen molar-refractivity contribution in [1.82, 2.24) is 4.90 Å². The van der Waals surface area contributed by atoms with E-state index in [2.05, 4.69) is 0 Å². The minimum Gasteiger partial charge on any atom is -0.493 e. The molecule has 1 aliphatic rings. The van der Waals surface area contributed by atoms with Crippen LogP contribution in [0.3, 0.4) is 0 Å². The first kappa shape index (κ1) is 13.9. The van der Waals surface area contributed by atoms with Crippen LogP contribution in [-0.4, -0.2) is 34.7 Å². The first-order valence-electron chi connectivity index (χ1n) is 6.60. The zero-order chi connectivity index (χ0) is 14.0. The summed E-state index contributed by atoms with van der Waals surface area (Å²) in [5, 5.41) is 9.15. The molecule has 1 aliphatic heterocycles. The summed E-state index contributed by atoms with van der Waals surface area (Å²) in [6, 6.07) is 7.99. The van der Waals surface area contributed by atoms with Crippen LogP contribution >= 0.6 is 0 Å². The second-order valence-electron chi connectivity index (χ2n) is 5.88. The molecule has 0 radical (unpaired) electrons. The van der Waals surface area contributed by atoms with Gasteiger partial charge < -0.3 is 9.84 Å². The third-order valence-corrected chi connectivity index (χ3v) is 3.47. The van der Waals surface area contributed by atoms with Crippen LogP contribution in [0.4, 0.5) is 0 Å². The fourth-order valence-electron chi connectivity index (χ4n) is 2.61. The predicted octanol–water partition coefficient (Wildman–Crippen LogP) is 2.70. The molecule has 104 valence electrons. The highest BCUT2D eigenvalue weighted by Gasteiger charge is 2.34. The molecule has 1 N–H and O–H groups in total. The van der Waals surface area contributed by atoms with Crippen molar-refractivity contribution in [3.8, 4) is 5.75 Å².